The molecule has 5 nitrogen and oxygen atoms in total. The van der Waals surface area contributed by atoms with Crippen molar-refractivity contribution in [2.45, 2.75) is 56.7 Å². The number of hydrogen-bond donors (Lipinski definition) is 2. The summed E-state index contributed by atoms with van der Waals surface area (Å²) >= 11 is 1.68. The molecule has 0 spiro atoms. The second-order valence-electron chi connectivity index (χ2n) is 9.36. The molecule has 0 bridgehead atoms. The highest BCUT2D eigenvalue weighted by Gasteiger charge is 2.39. The van der Waals surface area contributed by atoms with Gasteiger partial charge in [-0.25, -0.2) is 0 Å². The molecule has 3 aliphatic rings. The number of piperidine rings is 1. The summed E-state index contributed by atoms with van der Waals surface area (Å²) in [5.74, 6) is 0.962. The standard InChI is InChI=1S/C25H35N3O2S/c1-18-7-5-13-28(17-18)14-6-12-26-24(29)20-10-11-22-21(16-20)27-25(30)23(31-22)15-19-8-3-2-4-9-19/h2-4,8-9,15,18,20-22H,5-7,10-14,16-17H2,1H3,(H,26,29)(H,27,30)/b23-15-. The summed E-state index contributed by atoms with van der Waals surface area (Å²) in [7, 11) is 0. The van der Waals surface area contributed by atoms with Crippen molar-refractivity contribution in [2.75, 3.05) is 26.2 Å². The molecule has 1 saturated carbocycles. The molecular weight excluding hydrogens is 406 g/mol. The van der Waals surface area contributed by atoms with Crippen LogP contribution in [0, 0.1) is 11.8 Å². The number of carbonyl (C=O) groups excluding carboxylic acids is 2. The summed E-state index contributed by atoms with van der Waals surface area (Å²) < 4.78 is 0. The van der Waals surface area contributed by atoms with E-state index in [9.17, 15) is 9.59 Å². The lowest BCUT2D eigenvalue weighted by Crippen LogP contribution is -2.51. The first kappa shape index (κ1) is 22.4. The van der Waals surface area contributed by atoms with E-state index in [4.69, 9.17) is 0 Å². The highest BCUT2D eigenvalue weighted by atomic mass is 32.2. The molecule has 1 aliphatic carbocycles. The number of hydrogen-bond acceptors (Lipinski definition) is 4. The molecule has 168 valence electrons. The quantitative estimate of drug-likeness (QED) is 0.522. The van der Waals surface area contributed by atoms with Crippen molar-refractivity contribution < 1.29 is 9.59 Å². The smallest absolute Gasteiger partial charge is 0.257 e. The Balaban J connectivity index is 1.21. The number of benzene rings is 1. The van der Waals surface area contributed by atoms with Crippen LogP contribution < -0.4 is 10.6 Å². The Morgan fingerprint density at radius 2 is 2.10 bits per heavy atom. The zero-order valence-electron chi connectivity index (χ0n) is 18.5. The van der Waals surface area contributed by atoms with Crippen molar-refractivity contribution in [1.29, 1.82) is 0 Å². The molecule has 6 heteroatoms. The SMILES string of the molecule is CC1CCCN(CCCNC(=O)C2CCC3S/C(=C\c4ccccc4)C(=O)NC3C2)C1. The first-order valence-corrected chi connectivity index (χ1v) is 12.7. The van der Waals surface area contributed by atoms with E-state index >= 15 is 0 Å². The molecule has 4 atom stereocenters. The second kappa shape index (κ2) is 10.7. The van der Waals surface area contributed by atoms with E-state index in [-0.39, 0.29) is 23.8 Å². The zero-order chi connectivity index (χ0) is 21.6. The lowest BCUT2D eigenvalue weighted by atomic mass is 9.84. The van der Waals surface area contributed by atoms with Crippen LogP contribution in [-0.2, 0) is 9.59 Å². The molecule has 0 radical (unpaired) electrons. The number of carbonyl (C=O) groups is 2. The fraction of sp³-hybridized carbons (Fsp3) is 0.600. The van der Waals surface area contributed by atoms with Crippen molar-refractivity contribution in [2.24, 2.45) is 11.8 Å². The molecule has 2 N–H and O–H groups in total. The van der Waals surface area contributed by atoms with Gasteiger partial charge in [-0.3, -0.25) is 9.59 Å². The van der Waals surface area contributed by atoms with Gasteiger partial charge in [0.1, 0.15) is 0 Å². The molecule has 1 aromatic rings. The van der Waals surface area contributed by atoms with Gasteiger partial charge in [-0.05, 0) is 69.2 Å². The van der Waals surface area contributed by atoms with Gasteiger partial charge in [-0.1, -0.05) is 37.3 Å². The van der Waals surface area contributed by atoms with Gasteiger partial charge in [0.05, 0.1) is 4.91 Å². The summed E-state index contributed by atoms with van der Waals surface area (Å²) in [6, 6.07) is 10.1. The molecule has 31 heavy (non-hydrogen) atoms. The van der Waals surface area contributed by atoms with Crippen LogP contribution in [0.1, 0.15) is 51.0 Å². The number of nitrogens with zero attached hydrogens (tertiary/aromatic N) is 1. The van der Waals surface area contributed by atoms with Crippen LogP contribution in [0.15, 0.2) is 35.2 Å². The molecule has 4 rings (SSSR count). The third-order valence-corrected chi connectivity index (χ3v) is 8.19. The van der Waals surface area contributed by atoms with Crippen LogP contribution in [0.25, 0.3) is 6.08 Å². The maximum absolute atomic E-state index is 12.7. The minimum atomic E-state index is -0.00748. The Bertz CT molecular complexity index is 797. The van der Waals surface area contributed by atoms with Gasteiger partial charge in [0.25, 0.3) is 5.91 Å². The minimum Gasteiger partial charge on any atom is -0.356 e. The third kappa shape index (κ3) is 6.13. The molecule has 2 aliphatic heterocycles. The molecule has 0 aromatic heterocycles. The van der Waals surface area contributed by atoms with Gasteiger partial charge in [-0.2, -0.15) is 0 Å². The number of likely N-dealkylation sites (tertiary alicyclic amines) is 1. The van der Waals surface area contributed by atoms with E-state index in [1.165, 1.54) is 25.9 Å². The summed E-state index contributed by atoms with van der Waals surface area (Å²) in [5, 5.41) is 6.69. The van der Waals surface area contributed by atoms with Crippen LogP contribution >= 0.6 is 11.8 Å². The van der Waals surface area contributed by atoms with Crippen molar-refractivity contribution in [3.63, 3.8) is 0 Å². The molecular formula is C25H35N3O2S. The Hall–Kier alpha value is -1.79. The van der Waals surface area contributed by atoms with E-state index in [0.29, 0.717) is 5.25 Å². The maximum Gasteiger partial charge on any atom is 0.257 e. The Labute approximate surface area is 190 Å². The molecule has 4 unspecified atom stereocenters. The summed E-state index contributed by atoms with van der Waals surface area (Å²) in [6.07, 6.45) is 8.23. The first-order valence-electron chi connectivity index (χ1n) is 11.8. The van der Waals surface area contributed by atoms with Crippen LogP contribution in [0.2, 0.25) is 0 Å². The van der Waals surface area contributed by atoms with Crippen LogP contribution in [-0.4, -0.2) is 54.2 Å². The molecule has 2 amide bonds. The zero-order valence-corrected chi connectivity index (χ0v) is 19.3. The number of nitrogens with one attached hydrogen (secondary N) is 2. The van der Waals surface area contributed by atoms with Crippen molar-refractivity contribution in [3.8, 4) is 0 Å². The van der Waals surface area contributed by atoms with Gasteiger partial charge < -0.3 is 15.5 Å². The van der Waals surface area contributed by atoms with Crippen LogP contribution in [0.4, 0.5) is 0 Å². The molecule has 1 aromatic carbocycles. The fourth-order valence-corrected chi connectivity index (χ4v) is 6.37. The van der Waals surface area contributed by atoms with Gasteiger partial charge in [0.15, 0.2) is 0 Å². The van der Waals surface area contributed by atoms with Crippen molar-refractivity contribution in [3.05, 3.63) is 40.8 Å². The molecule has 2 heterocycles. The molecule has 3 fully saturated rings. The van der Waals surface area contributed by atoms with E-state index in [1.54, 1.807) is 11.8 Å². The first-order chi connectivity index (χ1) is 15.1. The third-order valence-electron chi connectivity index (χ3n) is 6.77. The highest BCUT2D eigenvalue weighted by Crippen LogP contribution is 2.39. The highest BCUT2D eigenvalue weighted by molar-refractivity contribution is 8.04. The maximum atomic E-state index is 12.7. The number of amides is 2. The molecule has 2 saturated heterocycles. The van der Waals surface area contributed by atoms with Crippen LogP contribution in [0.3, 0.4) is 0 Å². The van der Waals surface area contributed by atoms with Gasteiger partial charge in [0.2, 0.25) is 5.91 Å². The Kier molecular flexibility index (Phi) is 7.72. The predicted octanol–water partition coefficient (Wildman–Crippen LogP) is 3.67. The van der Waals surface area contributed by atoms with Gasteiger partial charge in [-0.15, -0.1) is 11.8 Å². The second-order valence-corrected chi connectivity index (χ2v) is 10.6. The topological polar surface area (TPSA) is 61.4 Å². The minimum absolute atomic E-state index is 0.00748. The van der Waals surface area contributed by atoms with Gasteiger partial charge in [0, 0.05) is 30.3 Å². The van der Waals surface area contributed by atoms with Gasteiger partial charge >= 0.3 is 0 Å². The van der Waals surface area contributed by atoms with E-state index < -0.39 is 0 Å². The van der Waals surface area contributed by atoms with E-state index in [1.807, 2.05) is 36.4 Å². The Morgan fingerprint density at radius 3 is 2.90 bits per heavy atom. The largest absolute Gasteiger partial charge is 0.356 e. The summed E-state index contributed by atoms with van der Waals surface area (Å²) in [5.41, 5.74) is 1.05. The lowest BCUT2D eigenvalue weighted by molar-refractivity contribution is -0.127. The van der Waals surface area contributed by atoms with E-state index in [0.717, 1.165) is 55.2 Å². The number of rotatable bonds is 6. The summed E-state index contributed by atoms with van der Waals surface area (Å²) in [4.78, 5) is 28.6. The van der Waals surface area contributed by atoms with E-state index in [2.05, 4.69) is 22.5 Å². The van der Waals surface area contributed by atoms with Crippen molar-refractivity contribution >= 4 is 29.7 Å². The normalized spacial score (nSPS) is 30.5. The lowest BCUT2D eigenvalue weighted by Gasteiger charge is -2.39. The average Bonchev–Trinajstić information content (AvgIpc) is 2.77. The number of fused-ring (bicyclic) bond motifs is 1. The monoisotopic (exact) mass is 441 g/mol. The predicted molar refractivity (Wildman–Crippen MR) is 128 cm³/mol. The van der Waals surface area contributed by atoms with Crippen LogP contribution in [0.5, 0.6) is 0 Å². The number of thioether (sulfide) groups is 1. The Morgan fingerprint density at radius 1 is 1.26 bits per heavy atom. The average molecular weight is 442 g/mol. The fourth-order valence-electron chi connectivity index (χ4n) is 5.08. The summed E-state index contributed by atoms with van der Waals surface area (Å²) in [6.45, 7) is 6.54. The van der Waals surface area contributed by atoms with Crippen molar-refractivity contribution in [1.82, 2.24) is 15.5 Å².